The fraction of sp³-hybridized carbons (Fsp3) is 0.500. The zero-order chi connectivity index (χ0) is 9.40. The smallest absolute Gasteiger partial charge is 0.306 e. The number of ether oxygens (including phenoxy) is 1. The van der Waals surface area contributed by atoms with Gasteiger partial charge in [0.15, 0.2) is 0 Å². The molecular formula is C10H16O2. The molecule has 0 aromatic rings. The van der Waals surface area contributed by atoms with Crippen molar-refractivity contribution in [3.05, 3.63) is 24.3 Å². The average molecular weight is 168 g/mol. The lowest BCUT2D eigenvalue weighted by Crippen LogP contribution is -2.02. The summed E-state index contributed by atoms with van der Waals surface area (Å²) < 4.78 is 4.76. The molecule has 0 saturated carbocycles. The molecule has 0 unspecified atom stereocenters. The third kappa shape index (κ3) is 5.71. The maximum Gasteiger partial charge on any atom is 0.306 e. The number of carbonyl (C=O) groups is 1. The molecule has 2 heteroatoms. The Bertz CT molecular complexity index is 180. The molecule has 0 aromatic heterocycles. The second-order valence-electron chi connectivity index (χ2n) is 2.50. The standard InChI is InChI=1S/C10H16O2/c1-4-9(3)7-6-8-10(11)12-5-2/h4,7H,1,5-6,8H2,2-3H3/b9-7+. The SMILES string of the molecule is C=C/C(C)=C/CCC(=O)OCC. The molecule has 0 aliphatic rings. The molecule has 2 nitrogen and oxygen atoms in total. The molecule has 0 bridgehead atoms. The Morgan fingerprint density at radius 1 is 1.58 bits per heavy atom. The van der Waals surface area contributed by atoms with Crippen LogP contribution in [0.5, 0.6) is 0 Å². The Hall–Kier alpha value is -1.05. The Morgan fingerprint density at radius 3 is 2.75 bits per heavy atom. The van der Waals surface area contributed by atoms with E-state index in [0.29, 0.717) is 13.0 Å². The van der Waals surface area contributed by atoms with Gasteiger partial charge in [0, 0.05) is 6.42 Å². The predicted octanol–water partition coefficient (Wildman–Crippen LogP) is 2.46. The van der Waals surface area contributed by atoms with E-state index in [1.54, 1.807) is 6.08 Å². The first-order valence-electron chi connectivity index (χ1n) is 4.15. The summed E-state index contributed by atoms with van der Waals surface area (Å²) in [6, 6.07) is 0. The molecule has 0 heterocycles. The van der Waals surface area contributed by atoms with Crippen molar-refractivity contribution in [2.75, 3.05) is 6.61 Å². The molecule has 0 aliphatic heterocycles. The predicted molar refractivity (Wildman–Crippen MR) is 49.8 cm³/mol. The van der Waals surface area contributed by atoms with Gasteiger partial charge in [-0.15, -0.1) is 0 Å². The van der Waals surface area contributed by atoms with Gasteiger partial charge in [-0.3, -0.25) is 4.79 Å². The van der Waals surface area contributed by atoms with Crippen molar-refractivity contribution in [1.29, 1.82) is 0 Å². The Morgan fingerprint density at radius 2 is 2.25 bits per heavy atom. The lowest BCUT2D eigenvalue weighted by Gasteiger charge is -1.98. The fourth-order valence-electron chi connectivity index (χ4n) is 0.734. The van der Waals surface area contributed by atoms with Crippen LogP contribution in [0.1, 0.15) is 26.7 Å². The lowest BCUT2D eigenvalue weighted by atomic mass is 10.2. The second-order valence-corrected chi connectivity index (χ2v) is 2.50. The molecule has 68 valence electrons. The molecular weight excluding hydrogens is 152 g/mol. The van der Waals surface area contributed by atoms with Gasteiger partial charge in [-0.2, -0.15) is 0 Å². The van der Waals surface area contributed by atoms with Crippen LogP contribution in [0.25, 0.3) is 0 Å². The maximum atomic E-state index is 10.8. The first kappa shape index (κ1) is 11.0. The molecule has 0 aliphatic carbocycles. The Kier molecular flexibility index (Phi) is 6.07. The molecule has 0 fully saturated rings. The van der Waals surface area contributed by atoms with E-state index in [1.165, 1.54) is 0 Å². The molecule has 0 spiro atoms. The van der Waals surface area contributed by atoms with Crippen LogP contribution in [-0.2, 0) is 9.53 Å². The van der Waals surface area contributed by atoms with Crippen molar-refractivity contribution < 1.29 is 9.53 Å². The van der Waals surface area contributed by atoms with Crippen molar-refractivity contribution in [1.82, 2.24) is 0 Å². The highest BCUT2D eigenvalue weighted by Gasteiger charge is 1.97. The molecule has 0 radical (unpaired) electrons. The van der Waals surface area contributed by atoms with Gasteiger partial charge in [0.25, 0.3) is 0 Å². The summed E-state index contributed by atoms with van der Waals surface area (Å²) in [5, 5.41) is 0. The quantitative estimate of drug-likeness (QED) is 0.465. The number of hydrogen-bond donors (Lipinski definition) is 0. The van der Waals surface area contributed by atoms with E-state index in [0.717, 1.165) is 12.0 Å². The highest BCUT2D eigenvalue weighted by molar-refractivity contribution is 5.69. The number of carbonyl (C=O) groups excluding carboxylic acids is 1. The molecule has 0 saturated heterocycles. The fourth-order valence-corrected chi connectivity index (χ4v) is 0.734. The summed E-state index contributed by atoms with van der Waals surface area (Å²) in [6.07, 6.45) is 4.94. The molecule has 0 rings (SSSR count). The van der Waals surface area contributed by atoms with Crippen LogP contribution in [0.4, 0.5) is 0 Å². The Balaban J connectivity index is 3.55. The highest BCUT2D eigenvalue weighted by Crippen LogP contribution is 2.00. The van der Waals surface area contributed by atoms with Gasteiger partial charge in [0.05, 0.1) is 6.61 Å². The molecule has 0 aromatic carbocycles. The van der Waals surface area contributed by atoms with E-state index in [4.69, 9.17) is 4.74 Å². The van der Waals surface area contributed by atoms with Gasteiger partial charge in [-0.05, 0) is 20.3 Å². The first-order chi connectivity index (χ1) is 5.70. The van der Waals surface area contributed by atoms with E-state index in [1.807, 2.05) is 19.9 Å². The van der Waals surface area contributed by atoms with E-state index in [2.05, 4.69) is 6.58 Å². The van der Waals surface area contributed by atoms with Crippen molar-refractivity contribution in [3.63, 3.8) is 0 Å². The van der Waals surface area contributed by atoms with Gasteiger partial charge >= 0.3 is 5.97 Å². The maximum absolute atomic E-state index is 10.8. The number of esters is 1. The van der Waals surface area contributed by atoms with Gasteiger partial charge in [0.1, 0.15) is 0 Å². The molecule has 0 N–H and O–H groups in total. The largest absolute Gasteiger partial charge is 0.466 e. The lowest BCUT2D eigenvalue weighted by molar-refractivity contribution is -0.142. The number of rotatable bonds is 5. The number of allylic oxidation sites excluding steroid dienone is 3. The summed E-state index contributed by atoms with van der Waals surface area (Å²) in [7, 11) is 0. The minimum absolute atomic E-state index is 0.134. The summed E-state index contributed by atoms with van der Waals surface area (Å²) in [6.45, 7) is 7.84. The van der Waals surface area contributed by atoms with Crippen molar-refractivity contribution in [2.45, 2.75) is 26.7 Å². The summed E-state index contributed by atoms with van der Waals surface area (Å²) >= 11 is 0. The third-order valence-electron chi connectivity index (χ3n) is 1.44. The van der Waals surface area contributed by atoms with Crippen molar-refractivity contribution in [2.24, 2.45) is 0 Å². The average Bonchev–Trinajstić information content (AvgIpc) is 2.04. The minimum atomic E-state index is -0.134. The summed E-state index contributed by atoms with van der Waals surface area (Å²) in [5.41, 5.74) is 1.10. The van der Waals surface area contributed by atoms with Crippen molar-refractivity contribution in [3.8, 4) is 0 Å². The zero-order valence-electron chi connectivity index (χ0n) is 7.80. The van der Waals surface area contributed by atoms with E-state index in [9.17, 15) is 4.79 Å². The van der Waals surface area contributed by atoms with Gasteiger partial charge in [-0.1, -0.05) is 24.3 Å². The summed E-state index contributed by atoms with van der Waals surface area (Å²) in [5.74, 6) is -0.134. The highest BCUT2D eigenvalue weighted by atomic mass is 16.5. The Labute approximate surface area is 73.9 Å². The van der Waals surface area contributed by atoms with Gasteiger partial charge in [0.2, 0.25) is 0 Å². The van der Waals surface area contributed by atoms with E-state index >= 15 is 0 Å². The van der Waals surface area contributed by atoms with Crippen LogP contribution in [-0.4, -0.2) is 12.6 Å². The van der Waals surface area contributed by atoms with Crippen LogP contribution >= 0.6 is 0 Å². The van der Waals surface area contributed by atoms with E-state index < -0.39 is 0 Å². The van der Waals surface area contributed by atoms with Crippen molar-refractivity contribution >= 4 is 5.97 Å². The second kappa shape index (κ2) is 6.65. The first-order valence-corrected chi connectivity index (χ1v) is 4.15. The molecule has 0 atom stereocenters. The minimum Gasteiger partial charge on any atom is -0.466 e. The van der Waals surface area contributed by atoms with Gasteiger partial charge < -0.3 is 4.74 Å². The van der Waals surface area contributed by atoms with Crippen LogP contribution in [0.3, 0.4) is 0 Å². The third-order valence-corrected chi connectivity index (χ3v) is 1.44. The van der Waals surface area contributed by atoms with Crippen LogP contribution < -0.4 is 0 Å². The topological polar surface area (TPSA) is 26.3 Å². The monoisotopic (exact) mass is 168 g/mol. The van der Waals surface area contributed by atoms with Crippen LogP contribution in [0.2, 0.25) is 0 Å². The zero-order valence-corrected chi connectivity index (χ0v) is 7.80. The normalized spacial score (nSPS) is 11.0. The molecule has 0 amide bonds. The number of hydrogen-bond acceptors (Lipinski definition) is 2. The summed E-state index contributed by atoms with van der Waals surface area (Å²) in [4.78, 5) is 10.8. The molecule has 12 heavy (non-hydrogen) atoms. The van der Waals surface area contributed by atoms with Crippen LogP contribution in [0.15, 0.2) is 24.3 Å². The van der Waals surface area contributed by atoms with Gasteiger partial charge in [-0.25, -0.2) is 0 Å². The van der Waals surface area contributed by atoms with E-state index in [-0.39, 0.29) is 5.97 Å². The van der Waals surface area contributed by atoms with Crippen LogP contribution in [0, 0.1) is 0 Å².